The first-order valence-electron chi connectivity index (χ1n) is 7.77. The molecule has 0 aromatic rings. The van der Waals surface area contributed by atoms with Crippen molar-refractivity contribution in [3.63, 3.8) is 0 Å². The topological polar surface area (TPSA) is 50.1 Å². The fourth-order valence-electron chi connectivity index (χ4n) is 3.35. The highest BCUT2D eigenvalue weighted by Gasteiger charge is 2.28. The van der Waals surface area contributed by atoms with Gasteiger partial charge in [0, 0.05) is 5.92 Å². The smallest absolute Gasteiger partial charge is 0.348 e. The van der Waals surface area contributed by atoms with Crippen molar-refractivity contribution in [2.24, 2.45) is 5.92 Å². The fourth-order valence-corrected chi connectivity index (χ4v) is 3.35. The molecule has 0 aromatic heterocycles. The highest BCUT2D eigenvalue weighted by Crippen LogP contribution is 2.40. The molecule has 3 heteroatoms. The van der Waals surface area contributed by atoms with Gasteiger partial charge in [-0.15, -0.1) is 0 Å². The number of nitriles is 1. The van der Waals surface area contributed by atoms with Crippen molar-refractivity contribution in [1.82, 2.24) is 0 Å². The predicted octanol–water partition coefficient (Wildman–Crippen LogP) is 4.06. The molecule has 0 bridgehead atoms. The minimum atomic E-state index is -0.437. The number of carbonyl (C=O) groups is 1. The summed E-state index contributed by atoms with van der Waals surface area (Å²) in [7, 11) is 0. The minimum absolute atomic E-state index is 0.267. The molecule has 0 heterocycles. The molecule has 0 aromatic carbocycles. The normalized spacial score (nSPS) is 25.4. The quantitative estimate of drug-likeness (QED) is 0.337. The average molecular weight is 273 g/mol. The van der Waals surface area contributed by atoms with Crippen LogP contribution in [0, 0.1) is 17.2 Å². The molecule has 1 saturated carbocycles. The Morgan fingerprint density at radius 2 is 2.15 bits per heavy atom. The van der Waals surface area contributed by atoms with Crippen molar-refractivity contribution in [3.8, 4) is 6.07 Å². The van der Waals surface area contributed by atoms with Gasteiger partial charge >= 0.3 is 5.97 Å². The second kappa shape index (κ2) is 7.28. The Morgan fingerprint density at radius 1 is 1.35 bits per heavy atom. The van der Waals surface area contributed by atoms with Crippen molar-refractivity contribution in [2.45, 2.75) is 58.3 Å². The molecule has 1 atom stereocenters. The van der Waals surface area contributed by atoms with Crippen molar-refractivity contribution < 1.29 is 9.53 Å². The van der Waals surface area contributed by atoms with Gasteiger partial charge in [-0.1, -0.05) is 18.1 Å². The minimum Gasteiger partial charge on any atom is -0.462 e. The lowest BCUT2D eigenvalue weighted by molar-refractivity contribution is -0.138. The molecule has 2 aliphatic carbocycles. The van der Waals surface area contributed by atoms with Gasteiger partial charge in [-0.05, 0) is 57.4 Å². The zero-order valence-corrected chi connectivity index (χ0v) is 12.3. The largest absolute Gasteiger partial charge is 0.462 e. The maximum Gasteiger partial charge on any atom is 0.348 e. The number of ether oxygens (including phenoxy) is 1. The number of nitrogens with zero attached hydrogens (tertiary/aromatic N) is 1. The van der Waals surface area contributed by atoms with Gasteiger partial charge in [0.15, 0.2) is 0 Å². The lowest BCUT2D eigenvalue weighted by atomic mass is 9.74. The highest BCUT2D eigenvalue weighted by molar-refractivity contribution is 5.93. The third-order valence-electron chi connectivity index (χ3n) is 4.30. The molecule has 1 unspecified atom stereocenters. The van der Waals surface area contributed by atoms with Gasteiger partial charge < -0.3 is 4.74 Å². The molecule has 0 N–H and O–H groups in total. The van der Waals surface area contributed by atoms with Crippen molar-refractivity contribution in [1.29, 1.82) is 5.26 Å². The summed E-state index contributed by atoms with van der Waals surface area (Å²) >= 11 is 0. The Balaban J connectivity index is 2.31. The number of esters is 1. The molecule has 108 valence electrons. The molecule has 20 heavy (non-hydrogen) atoms. The Hall–Kier alpha value is -1.56. The van der Waals surface area contributed by atoms with Crippen LogP contribution in [0.3, 0.4) is 0 Å². The van der Waals surface area contributed by atoms with E-state index < -0.39 is 5.97 Å². The van der Waals surface area contributed by atoms with E-state index in [0.717, 1.165) is 37.7 Å². The maximum atomic E-state index is 12.0. The average Bonchev–Trinajstić information content (AvgIpc) is 2.50. The van der Waals surface area contributed by atoms with Gasteiger partial charge in [-0.3, -0.25) is 0 Å². The second-order valence-corrected chi connectivity index (χ2v) is 5.56. The summed E-state index contributed by atoms with van der Waals surface area (Å²) in [6, 6.07) is 2.10. The SMILES string of the molecule is CCOC(=O)/C(C#N)=C1/CCCCC1C1=CCCCC1. The fraction of sp³-hybridized carbons (Fsp3) is 0.647. The van der Waals surface area contributed by atoms with Crippen LogP contribution in [0.1, 0.15) is 58.3 Å². The third-order valence-corrected chi connectivity index (χ3v) is 4.30. The molecule has 0 saturated heterocycles. The Bertz CT molecular complexity index is 468. The molecule has 2 rings (SSSR count). The molecule has 0 radical (unpaired) electrons. The summed E-state index contributed by atoms with van der Waals surface area (Å²) in [5.41, 5.74) is 2.75. The Labute approximate surface area is 121 Å². The summed E-state index contributed by atoms with van der Waals surface area (Å²) < 4.78 is 5.05. The second-order valence-electron chi connectivity index (χ2n) is 5.56. The summed E-state index contributed by atoms with van der Waals surface area (Å²) in [6.45, 7) is 2.10. The van der Waals surface area contributed by atoms with Crippen LogP contribution in [-0.4, -0.2) is 12.6 Å². The van der Waals surface area contributed by atoms with Crippen molar-refractivity contribution in [2.75, 3.05) is 6.61 Å². The van der Waals surface area contributed by atoms with Crippen molar-refractivity contribution >= 4 is 5.97 Å². The van der Waals surface area contributed by atoms with E-state index in [-0.39, 0.29) is 5.57 Å². The van der Waals surface area contributed by atoms with Crippen LogP contribution in [0.25, 0.3) is 0 Å². The lowest BCUT2D eigenvalue weighted by Gasteiger charge is -2.30. The van der Waals surface area contributed by atoms with Crippen LogP contribution in [0.15, 0.2) is 22.8 Å². The van der Waals surface area contributed by atoms with E-state index in [1.165, 1.54) is 24.8 Å². The first-order valence-corrected chi connectivity index (χ1v) is 7.77. The summed E-state index contributed by atoms with van der Waals surface area (Å²) in [5, 5.41) is 9.36. The summed E-state index contributed by atoms with van der Waals surface area (Å²) in [5.74, 6) is -0.128. The van der Waals surface area contributed by atoms with Crippen LogP contribution >= 0.6 is 0 Å². The molecular weight excluding hydrogens is 250 g/mol. The van der Waals surface area contributed by atoms with Crippen LogP contribution in [0.4, 0.5) is 0 Å². The number of hydrogen-bond donors (Lipinski definition) is 0. The first-order chi connectivity index (χ1) is 9.77. The van der Waals surface area contributed by atoms with Gasteiger partial charge in [-0.25, -0.2) is 4.79 Å². The molecule has 2 aliphatic rings. The number of hydrogen-bond acceptors (Lipinski definition) is 3. The van der Waals surface area contributed by atoms with Crippen LogP contribution in [0.5, 0.6) is 0 Å². The lowest BCUT2D eigenvalue weighted by Crippen LogP contribution is -2.19. The number of rotatable bonds is 3. The molecular formula is C17H23NO2. The van der Waals surface area contributed by atoms with Gasteiger partial charge in [0.2, 0.25) is 0 Å². The molecule has 0 aliphatic heterocycles. The third kappa shape index (κ3) is 3.30. The van der Waals surface area contributed by atoms with Crippen LogP contribution in [-0.2, 0) is 9.53 Å². The molecule has 0 amide bonds. The number of allylic oxidation sites excluding steroid dienone is 3. The predicted molar refractivity (Wildman–Crippen MR) is 77.8 cm³/mol. The van der Waals surface area contributed by atoms with E-state index in [0.29, 0.717) is 12.5 Å². The van der Waals surface area contributed by atoms with Gasteiger partial charge in [0.1, 0.15) is 11.6 Å². The van der Waals surface area contributed by atoms with Crippen LogP contribution in [0.2, 0.25) is 0 Å². The van der Waals surface area contributed by atoms with E-state index in [1.807, 2.05) is 0 Å². The summed E-state index contributed by atoms with van der Waals surface area (Å²) in [6.07, 6.45) is 11.3. The Kier molecular flexibility index (Phi) is 5.40. The molecule has 3 nitrogen and oxygen atoms in total. The zero-order chi connectivity index (χ0) is 14.4. The van der Waals surface area contributed by atoms with Gasteiger partial charge in [0.05, 0.1) is 6.61 Å². The molecule has 1 fully saturated rings. The van der Waals surface area contributed by atoms with E-state index in [9.17, 15) is 10.1 Å². The van der Waals surface area contributed by atoms with E-state index >= 15 is 0 Å². The standard InChI is InChI=1S/C17H23NO2/c1-2-20-17(19)16(12-18)15-11-7-6-10-14(15)13-8-4-3-5-9-13/h8,14H,2-7,9-11H2,1H3/b16-15-. The maximum absolute atomic E-state index is 12.0. The van der Waals surface area contributed by atoms with Crippen LogP contribution < -0.4 is 0 Å². The summed E-state index contributed by atoms with van der Waals surface area (Å²) in [4.78, 5) is 12.0. The number of carbonyl (C=O) groups excluding carboxylic acids is 1. The van der Waals surface area contributed by atoms with Gasteiger partial charge in [0.25, 0.3) is 0 Å². The highest BCUT2D eigenvalue weighted by atomic mass is 16.5. The van der Waals surface area contributed by atoms with Gasteiger partial charge in [-0.2, -0.15) is 5.26 Å². The Morgan fingerprint density at radius 3 is 2.80 bits per heavy atom. The van der Waals surface area contributed by atoms with E-state index in [4.69, 9.17) is 4.74 Å². The zero-order valence-electron chi connectivity index (χ0n) is 12.3. The first kappa shape index (κ1) is 14.8. The monoisotopic (exact) mass is 273 g/mol. The molecule has 0 spiro atoms. The van der Waals surface area contributed by atoms with E-state index in [1.54, 1.807) is 6.92 Å². The van der Waals surface area contributed by atoms with Crippen molar-refractivity contribution in [3.05, 3.63) is 22.8 Å². The van der Waals surface area contributed by atoms with E-state index in [2.05, 4.69) is 12.1 Å².